The predicted molar refractivity (Wildman–Crippen MR) is 142 cm³/mol. The normalized spacial score (nSPS) is 21.1. The summed E-state index contributed by atoms with van der Waals surface area (Å²) >= 11 is 0. The van der Waals surface area contributed by atoms with Gasteiger partial charge in [0.1, 0.15) is 19.3 Å². The van der Waals surface area contributed by atoms with E-state index in [-0.39, 0.29) is 26.6 Å². The van der Waals surface area contributed by atoms with Crippen LogP contribution in [-0.2, 0) is 23.9 Å². The smallest absolute Gasteiger partial charge is 0.326 e. The molecule has 228 valence electrons. The molecule has 2 aromatic rings. The molecule has 14 nitrogen and oxygen atoms in total. The second kappa shape index (κ2) is 13.6. The van der Waals surface area contributed by atoms with Crippen LogP contribution in [0.2, 0.25) is 0 Å². The Kier molecular flexibility index (Phi) is 9.93. The number of aliphatic hydroxyl groups excluding tert-OH is 3. The predicted octanol–water partition coefficient (Wildman–Crippen LogP) is 0.0396. The van der Waals surface area contributed by atoms with Gasteiger partial charge < -0.3 is 53.8 Å². The first-order valence-electron chi connectivity index (χ1n) is 13.0. The minimum atomic E-state index is -0.868. The van der Waals surface area contributed by atoms with Crippen molar-refractivity contribution in [1.29, 1.82) is 0 Å². The third kappa shape index (κ3) is 6.00. The fourth-order valence-electron chi connectivity index (χ4n) is 5.35. The minimum absolute atomic E-state index is 0.0270. The molecule has 5 rings (SSSR count). The Morgan fingerprint density at radius 3 is 2.07 bits per heavy atom. The highest BCUT2D eigenvalue weighted by atomic mass is 16.7. The number of cyclic esters (lactones) is 1. The number of nitrogens with one attached hydrogen (secondary N) is 1. The molecular formula is C28H33NO13. The van der Waals surface area contributed by atoms with Crippen LogP contribution in [-0.4, -0.2) is 94.3 Å². The van der Waals surface area contributed by atoms with Gasteiger partial charge in [0.2, 0.25) is 18.4 Å². The van der Waals surface area contributed by atoms with Crippen LogP contribution >= 0.6 is 0 Å². The number of carbonyl (C=O) groups excluding carboxylic acids is 3. The second-order valence-corrected chi connectivity index (χ2v) is 9.38. The zero-order chi connectivity index (χ0) is 30.4. The van der Waals surface area contributed by atoms with Crippen LogP contribution in [0.3, 0.4) is 0 Å². The van der Waals surface area contributed by atoms with Crippen molar-refractivity contribution >= 4 is 17.8 Å². The number of esters is 2. The van der Waals surface area contributed by atoms with E-state index in [1.807, 2.05) is 0 Å². The van der Waals surface area contributed by atoms with Crippen molar-refractivity contribution in [3.63, 3.8) is 0 Å². The highest BCUT2D eigenvalue weighted by Gasteiger charge is 2.54. The van der Waals surface area contributed by atoms with Crippen LogP contribution in [0, 0.1) is 11.8 Å². The summed E-state index contributed by atoms with van der Waals surface area (Å²) in [6.45, 7) is -1.40. The highest BCUT2D eigenvalue weighted by Crippen LogP contribution is 2.56. The molecule has 2 aromatic carbocycles. The molecule has 42 heavy (non-hydrogen) atoms. The van der Waals surface area contributed by atoms with E-state index in [1.54, 1.807) is 24.3 Å². The maximum absolute atomic E-state index is 13.2. The van der Waals surface area contributed by atoms with Crippen LogP contribution in [0.4, 0.5) is 0 Å². The van der Waals surface area contributed by atoms with Gasteiger partial charge in [-0.25, -0.2) is 0 Å². The first-order valence-corrected chi connectivity index (χ1v) is 13.0. The number of carbonyl (C=O) groups is 3. The molecule has 1 amide bonds. The summed E-state index contributed by atoms with van der Waals surface area (Å²) in [4.78, 5) is 37.3. The monoisotopic (exact) mass is 591 g/mol. The maximum Gasteiger partial charge on any atom is 0.326 e. The highest BCUT2D eigenvalue weighted by molar-refractivity contribution is 5.83. The molecule has 1 fully saturated rings. The van der Waals surface area contributed by atoms with E-state index >= 15 is 0 Å². The van der Waals surface area contributed by atoms with Gasteiger partial charge in [-0.2, -0.15) is 0 Å². The lowest BCUT2D eigenvalue weighted by molar-refractivity contribution is -0.154. The first-order chi connectivity index (χ1) is 20.3. The number of fused-ring (bicyclic) bond motifs is 3. The molecule has 4 atom stereocenters. The Morgan fingerprint density at radius 2 is 1.52 bits per heavy atom. The Balaban J connectivity index is 0.000000952. The van der Waals surface area contributed by atoms with Gasteiger partial charge in [0.25, 0.3) is 0 Å². The number of rotatable bonds is 9. The number of benzene rings is 2. The molecule has 0 aromatic heterocycles. The average molecular weight is 592 g/mol. The standard InChI is InChI=1S/C26H27NO11.C2H6O2/c1-32-18-4-12(5-19(33-2)25(18)34-3)22-13-6-16-17(37-11-36-16)7-14(13)24(15-10-35-26(31)23(15)22)38-21(30)8-27-20(29)9-28;3-1-2-4/h4-7,15,22-24,28H,8-11H2,1-3H3,(H,27,29);3-4H,1-2H2/t15-,22+,23-,24-;/m0./s1. The van der Waals surface area contributed by atoms with Crippen LogP contribution in [0.5, 0.6) is 28.7 Å². The summed E-state index contributed by atoms with van der Waals surface area (Å²) < 4.78 is 39.1. The van der Waals surface area contributed by atoms with Crippen LogP contribution in [0.25, 0.3) is 0 Å². The van der Waals surface area contributed by atoms with E-state index in [4.69, 9.17) is 48.5 Å². The molecule has 4 N–H and O–H groups in total. The van der Waals surface area contributed by atoms with Crippen molar-refractivity contribution in [2.24, 2.45) is 11.8 Å². The number of amides is 1. The Hall–Kier alpha value is -4.27. The molecule has 2 aliphatic heterocycles. The Labute approximate surface area is 241 Å². The summed E-state index contributed by atoms with van der Waals surface area (Å²) in [5.41, 5.74) is 2.00. The molecule has 14 heteroatoms. The van der Waals surface area contributed by atoms with Crippen molar-refractivity contribution in [3.05, 3.63) is 41.0 Å². The quantitative estimate of drug-likeness (QED) is 0.286. The molecule has 1 saturated heterocycles. The maximum atomic E-state index is 13.2. The van der Waals surface area contributed by atoms with Crippen molar-refractivity contribution < 1.29 is 62.9 Å². The Morgan fingerprint density at radius 1 is 0.905 bits per heavy atom. The van der Waals surface area contributed by atoms with Gasteiger partial charge in [0.05, 0.1) is 47.1 Å². The topological polar surface area (TPSA) is 189 Å². The number of methoxy groups -OCH3 is 3. The molecule has 0 saturated carbocycles. The largest absolute Gasteiger partial charge is 0.493 e. The summed E-state index contributed by atoms with van der Waals surface area (Å²) in [6, 6.07) is 7.08. The van der Waals surface area contributed by atoms with E-state index < -0.39 is 54.9 Å². The van der Waals surface area contributed by atoms with Crippen molar-refractivity contribution in [2.45, 2.75) is 12.0 Å². The number of hydrogen-bond acceptors (Lipinski definition) is 13. The fraction of sp³-hybridized carbons (Fsp3) is 0.464. The van der Waals surface area contributed by atoms with E-state index in [2.05, 4.69) is 5.32 Å². The van der Waals surface area contributed by atoms with Crippen LogP contribution < -0.4 is 29.0 Å². The van der Waals surface area contributed by atoms with Gasteiger partial charge in [0.15, 0.2) is 23.0 Å². The summed E-state index contributed by atoms with van der Waals surface area (Å²) in [7, 11) is 4.51. The van der Waals surface area contributed by atoms with E-state index in [9.17, 15) is 14.4 Å². The zero-order valence-corrected chi connectivity index (χ0v) is 23.3. The third-order valence-corrected chi connectivity index (χ3v) is 7.10. The zero-order valence-electron chi connectivity index (χ0n) is 23.3. The third-order valence-electron chi connectivity index (χ3n) is 7.10. The van der Waals surface area contributed by atoms with Crippen molar-refractivity contribution in [1.82, 2.24) is 5.32 Å². The van der Waals surface area contributed by atoms with Gasteiger partial charge >= 0.3 is 11.9 Å². The minimum Gasteiger partial charge on any atom is -0.493 e. The van der Waals surface area contributed by atoms with Crippen molar-refractivity contribution in [3.8, 4) is 28.7 Å². The van der Waals surface area contributed by atoms with Gasteiger partial charge in [-0.1, -0.05) is 0 Å². The lowest BCUT2D eigenvalue weighted by Crippen LogP contribution is -2.39. The van der Waals surface area contributed by atoms with Crippen LogP contribution in [0.1, 0.15) is 28.7 Å². The van der Waals surface area contributed by atoms with Gasteiger partial charge in [-0.15, -0.1) is 0 Å². The van der Waals surface area contributed by atoms with Gasteiger partial charge in [-0.05, 0) is 35.4 Å². The van der Waals surface area contributed by atoms with Crippen molar-refractivity contribution in [2.75, 3.05) is 61.1 Å². The molecule has 0 bridgehead atoms. The Bertz CT molecular complexity index is 1290. The molecule has 3 aliphatic rings. The summed E-state index contributed by atoms with van der Waals surface area (Å²) in [5, 5.41) is 26.4. The van der Waals surface area contributed by atoms with E-state index in [0.29, 0.717) is 45.4 Å². The molecular weight excluding hydrogens is 558 g/mol. The second-order valence-electron chi connectivity index (χ2n) is 9.38. The fourth-order valence-corrected chi connectivity index (χ4v) is 5.35. The van der Waals surface area contributed by atoms with Gasteiger partial charge in [-0.3, -0.25) is 14.4 Å². The van der Waals surface area contributed by atoms with Crippen LogP contribution in [0.15, 0.2) is 24.3 Å². The SMILES string of the molecule is COc1cc([C@@H]2c3cc4c(cc3[C@H](OC(=O)CNC(=O)CO)[C@H]3COC(=O)[C@H]23)OCO4)cc(OC)c1OC.OCCO. The molecule has 0 spiro atoms. The molecule has 1 aliphatic carbocycles. The number of aliphatic hydroxyl groups is 3. The summed E-state index contributed by atoms with van der Waals surface area (Å²) in [6.07, 6.45) is -0.868. The molecule has 0 unspecified atom stereocenters. The average Bonchev–Trinajstić information content (AvgIpc) is 3.64. The van der Waals surface area contributed by atoms with E-state index in [0.717, 1.165) is 0 Å². The number of ether oxygens (including phenoxy) is 7. The lowest BCUT2D eigenvalue weighted by Gasteiger charge is -2.38. The summed E-state index contributed by atoms with van der Waals surface area (Å²) in [5.74, 6) is -1.45. The number of hydrogen-bond donors (Lipinski definition) is 4. The lowest BCUT2D eigenvalue weighted by atomic mass is 9.66. The van der Waals surface area contributed by atoms with E-state index in [1.165, 1.54) is 21.3 Å². The molecule has 2 heterocycles. The first kappa shape index (κ1) is 30.7. The molecule has 0 radical (unpaired) electrons. The van der Waals surface area contributed by atoms with Gasteiger partial charge in [0, 0.05) is 17.4 Å².